The fourth-order valence-corrected chi connectivity index (χ4v) is 2.41. The third-order valence-corrected chi connectivity index (χ3v) is 3.67. The van der Waals surface area contributed by atoms with Crippen LogP contribution in [0.5, 0.6) is 5.75 Å². The Bertz CT molecular complexity index is 614. The minimum Gasteiger partial charge on any atom is -0.480 e. The molecule has 3 rings (SSSR count). The lowest BCUT2D eigenvalue weighted by molar-refractivity contribution is 0.183. The lowest BCUT2D eigenvalue weighted by Crippen LogP contribution is -2.24. The third-order valence-electron chi connectivity index (χ3n) is 3.44. The van der Waals surface area contributed by atoms with E-state index in [1.807, 2.05) is 25.2 Å². The Labute approximate surface area is 122 Å². The van der Waals surface area contributed by atoms with Crippen molar-refractivity contribution in [1.82, 2.24) is 15.5 Å². The molecule has 1 aliphatic heterocycles. The average Bonchev–Trinajstić information content (AvgIpc) is 3.04. The maximum Gasteiger partial charge on any atom is 0.268 e. The van der Waals surface area contributed by atoms with Crippen LogP contribution in [0.1, 0.15) is 30.3 Å². The van der Waals surface area contributed by atoms with E-state index in [0.717, 1.165) is 17.7 Å². The van der Waals surface area contributed by atoms with Gasteiger partial charge in [0.1, 0.15) is 5.75 Å². The number of hydrogen-bond donors (Lipinski definition) is 1. The van der Waals surface area contributed by atoms with Crippen LogP contribution < -0.4 is 10.1 Å². The quantitative estimate of drug-likeness (QED) is 0.939. The molecule has 1 aromatic carbocycles. The van der Waals surface area contributed by atoms with Crippen LogP contribution in [0.3, 0.4) is 0 Å². The summed E-state index contributed by atoms with van der Waals surface area (Å²) in [4.78, 5) is 4.41. The van der Waals surface area contributed by atoms with Gasteiger partial charge in [0.25, 0.3) is 5.89 Å². The van der Waals surface area contributed by atoms with Crippen molar-refractivity contribution in [2.24, 2.45) is 0 Å². The molecule has 1 aliphatic rings. The lowest BCUT2D eigenvalue weighted by Gasteiger charge is -2.05. The van der Waals surface area contributed by atoms with Crippen LogP contribution in [-0.4, -0.2) is 23.2 Å². The van der Waals surface area contributed by atoms with Crippen LogP contribution in [-0.2, 0) is 12.8 Å². The molecule has 2 heterocycles. The van der Waals surface area contributed by atoms with Crippen molar-refractivity contribution in [2.75, 3.05) is 7.05 Å². The summed E-state index contributed by atoms with van der Waals surface area (Å²) in [5.41, 5.74) is 1.07. The van der Waals surface area contributed by atoms with Crippen molar-refractivity contribution in [3.8, 4) is 5.75 Å². The standard InChI is InChI=1S/C14H16ClN3O2/c1-8(16-2)5-13-17-14(20-18-13)12-7-9-6-10(15)3-4-11(9)19-12/h3-4,6,8,12,16H,5,7H2,1-2H3. The van der Waals surface area contributed by atoms with E-state index in [9.17, 15) is 0 Å². The fraction of sp³-hybridized carbons (Fsp3) is 0.429. The Morgan fingerprint density at radius 3 is 3.15 bits per heavy atom. The van der Waals surface area contributed by atoms with Gasteiger partial charge < -0.3 is 14.6 Å². The van der Waals surface area contributed by atoms with Gasteiger partial charge in [0.2, 0.25) is 0 Å². The van der Waals surface area contributed by atoms with Crippen LogP contribution in [0.15, 0.2) is 22.7 Å². The number of nitrogens with zero attached hydrogens (tertiary/aromatic N) is 2. The second-order valence-electron chi connectivity index (χ2n) is 5.01. The molecular weight excluding hydrogens is 278 g/mol. The molecule has 0 saturated carbocycles. The molecule has 0 saturated heterocycles. The van der Waals surface area contributed by atoms with Gasteiger partial charge >= 0.3 is 0 Å². The third kappa shape index (κ3) is 2.64. The smallest absolute Gasteiger partial charge is 0.268 e. The van der Waals surface area contributed by atoms with E-state index in [1.54, 1.807) is 0 Å². The van der Waals surface area contributed by atoms with E-state index in [2.05, 4.69) is 22.4 Å². The predicted octanol–water partition coefficient (Wildman–Crippen LogP) is 2.55. The van der Waals surface area contributed by atoms with Gasteiger partial charge in [0, 0.05) is 23.9 Å². The molecular formula is C14H16ClN3O2. The minimum absolute atomic E-state index is 0.213. The Kier molecular flexibility index (Phi) is 3.63. The molecule has 6 heteroatoms. The number of fused-ring (bicyclic) bond motifs is 1. The maximum atomic E-state index is 5.98. The van der Waals surface area contributed by atoms with Gasteiger partial charge in [-0.1, -0.05) is 16.8 Å². The number of ether oxygens (including phenoxy) is 1. The highest BCUT2D eigenvalue weighted by molar-refractivity contribution is 6.30. The topological polar surface area (TPSA) is 60.2 Å². The van der Waals surface area contributed by atoms with Crippen molar-refractivity contribution in [1.29, 1.82) is 0 Å². The first-order valence-electron chi connectivity index (χ1n) is 6.60. The first-order chi connectivity index (χ1) is 9.65. The van der Waals surface area contributed by atoms with Crippen molar-refractivity contribution < 1.29 is 9.26 Å². The summed E-state index contributed by atoms with van der Waals surface area (Å²) < 4.78 is 11.1. The zero-order valence-corrected chi connectivity index (χ0v) is 12.1. The Morgan fingerprint density at radius 1 is 1.50 bits per heavy atom. The Morgan fingerprint density at radius 2 is 2.35 bits per heavy atom. The number of hydrogen-bond acceptors (Lipinski definition) is 5. The van der Waals surface area contributed by atoms with Gasteiger partial charge in [-0.05, 0) is 37.7 Å². The first kappa shape index (κ1) is 13.4. The maximum absolute atomic E-state index is 5.98. The number of aromatic nitrogens is 2. The van der Waals surface area contributed by atoms with E-state index in [0.29, 0.717) is 29.2 Å². The molecule has 1 aromatic heterocycles. The van der Waals surface area contributed by atoms with Gasteiger partial charge in [-0.3, -0.25) is 0 Å². The zero-order chi connectivity index (χ0) is 14.1. The van der Waals surface area contributed by atoms with Crippen molar-refractivity contribution in [2.45, 2.75) is 31.9 Å². The van der Waals surface area contributed by atoms with Gasteiger partial charge in [0.05, 0.1) is 0 Å². The van der Waals surface area contributed by atoms with Crippen LogP contribution in [0.4, 0.5) is 0 Å². The molecule has 0 bridgehead atoms. The number of rotatable bonds is 4. The van der Waals surface area contributed by atoms with Crippen LogP contribution in [0.25, 0.3) is 0 Å². The van der Waals surface area contributed by atoms with E-state index >= 15 is 0 Å². The summed E-state index contributed by atoms with van der Waals surface area (Å²) >= 11 is 5.98. The molecule has 2 aromatic rings. The molecule has 0 aliphatic carbocycles. The SMILES string of the molecule is CNC(C)Cc1noc(C2Cc3cc(Cl)ccc3O2)n1. The van der Waals surface area contributed by atoms with E-state index in [-0.39, 0.29) is 6.10 Å². The summed E-state index contributed by atoms with van der Waals surface area (Å²) in [5, 5.41) is 7.85. The second kappa shape index (κ2) is 5.42. The van der Waals surface area contributed by atoms with Crippen LogP contribution in [0, 0.1) is 0 Å². The van der Waals surface area contributed by atoms with E-state index in [1.165, 1.54) is 0 Å². The van der Waals surface area contributed by atoms with Gasteiger partial charge in [-0.2, -0.15) is 4.98 Å². The second-order valence-corrected chi connectivity index (χ2v) is 5.44. The Hall–Kier alpha value is -1.59. The summed E-state index contributed by atoms with van der Waals surface area (Å²) in [5.74, 6) is 2.05. The highest BCUT2D eigenvalue weighted by atomic mass is 35.5. The first-order valence-corrected chi connectivity index (χ1v) is 6.98. The molecule has 0 fully saturated rings. The summed E-state index contributed by atoms with van der Waals surface area (Å²) in [7, 11) is 1.91. The number of likely N-dealkylation sites (N-methyl/N-ethyl adjacent to an activating group) is 1. The average molecular weight is 294 g/mol. The number of nitrogens with one attached hydrogen (secondary N) is 1. The lowest BCUT2D eigenvalue weighted by atomic mass is 10.1. The van der Waals surface area contributed by atoms with E-state index in [4.69, 9.17) is 20.9 Å². The van der Waals surface area contributed by atoms with Gasteiger partial charge in [-0.15, -0.1) is 0 Å². The summed E-state index contributed by atoms with van der Waals surface area (Å²) in [6, 6.07) is 5.91. The molecule has 1 N–H and O–H groups in total. The Balaban J connectivity index is 1.73. The molecule has 0 amide bonds. The summed E-state index contributed by atoms with van der Waals surface area (Å²) in [6.07, 6.45) is 1.22. The van der Waals surface area contributed by atoms with Crippen molar-refractivity contribution >= 4 is 11.6 Å². The highest BCUT2D eigenvalue weighted by Crippen LogP contribution is 2.37. The molecule has 106 valence electrons. The fourth-order valence-electron chi connectivity index (χ4n) is 2.21. The van der Waals surface area contributed by atoms with Crippen LogP contribution >= 0.6 is 11.6 Å². The minimum atomic E-state index is -0.213. The molecule has 5 nitrogen and oxygen atoms in total. The van der Waals surface area contributed by atoms with Crippen molar-refractivity contribution in [3.05, 3.63) is 40.5 Å². The molecule has 0 spiro atoms. The number of benzene rings is 1. The zero-order valence-electron chi connectivity index (χ0n) is 11.4. The predicted molar refractivity (Wildman–Crippen MR) is 75.0 cm³/mol. The molecule has 2 atom stereocenters. The van der Waals surface area contributed by atoms with Gasteiger partial charge in [-0.25, -0.2) is 0 Å². The van der Waals surface area contributed by atoms with Crippen molar-refractivity contribution in [3.63, 3.8) is 0 Å². The number of halogens is 1. The largest absolute Gasteiger partial charge is 0.480 e. The van der Waals surface area contributed by atoms with E-state index < -0.39 is 0 Å². The summed E-state index contributed by atoms with van der Waals surface area (Å²) in [6.45, 7) is 2.07. The normalized spacial score (nSPS) is 18.6. The molecule has 0 radical (unpaired) electrons. The molecule has 2 unspecified atom stereocenters. The monoisotopic (exact) mass is 293 g/mol. The highest BCUT2D eigenvalue weighted by Gasteiger charge is 2.29. The molecule has 20 heavy (non-hydrogen) atoms. The van der Waals surface area contributed by atoms with Gasteiger partial charge in [0.15, 0.2) is 11.9 Å². The van der Waals surface area contributed by atoms with Crippen LogP contribution in [0.2, 0.25) is 5.02 Å².